The molecule has 1 spiro atoms. The van der Waals surface area contributed by atoms with Gasteiger partial charge in [0.2, 0.25) is 17.7 Å². The van der Waals surface area contributed by atoms with Gasteiger partial charge in [-0.15, -0.1) is 6.58 Å². The summed E-state index contributed by atoms with van der Waals surface area (Å²) < 4.78 is 6.52. The van der Waals surface area contributed by atoms with Crippen molar-refractivity contribution >= 4 is 17.7 Å². The summed E-state index contributed by atoms with van der Waals surface area (Å²) in [7, 11) is 0. The number of fused-ring (bicyclic) bond motifs is 1. The Hall–Kier alpha value is -2.93. The van der Waals surface area contributed by atoms with Crippen LogP contribution in [0.15, 0.2) is 55.1 Å². The monoisotopic (exact) mass is 477 g/mol. The summed E-state index contributed by atoms with van der Waals surface area (Å²) in [6.45, 7) is 8.37. The first kappa shape index (κ1) is 23.8. The molecule has 2 N–H and O–H groups in total. The number of likely N-dealkylation sites (tertiary alicyclic amines) is 1. The van der Waals surface area contributed by atoms with Gasteiger partial charge in [-0.3, -0.25) is 14.4 Å². The van der Waals surface area contributed by atoms with E-state index in [-0.39, 0.29) is 30.3 Å². The molecule has 3 fully saturated rings. The Morgan fingerprint density at radius 3 is 2.63 bits per heavy atom. The van der Waals surface area contributed by atoms with Crippen LogP contribution < -0.4 is 10.6 Å². The number of nitrogens with one attached hydrogen (secondary N) is 2. The van der Waals surface area contributed by atoms with Gasteiger partial charge in [-0.25, -0.2) is 0 Å². The second kappa shape index (κ2) is 8.94. The van der Waals surface area contributed by atoms with Gasteiger partial charge in [0.05, 0.1) is 17.4 Å². The first-order chi connectivity index (χ1) is 16.8. The van der Waals surface area contributed by atoms with Crippen molar-refractivity contribution < 1.29 is 19.1 Å². The molecule has 3 heterocycles. The Morgan fingerprint density at radius 1 is 1.17 bits per heavy atom. The molecule has 2 saturated heterocycles. The fraction of sp³-hybridized carbons (Fsp3) is 0.536. The maximum absolute atomic E-state index is 13.8. The lowest BCUT2D eigenvalue weighted by molar-refractivity contribution is -0.144. The Morgan fingerprint density at radius 2 is 1.91 bits per heavy atom. The predicted molar refractivity (Wildman–Crippen MR) is 132 cm³/mol. The lowest BCUT2D eigenvalue weighted by Gasteiger charge is -2.34. The molecular formula is C28H35N3O4. The average Bonchev–Trinajstić information content (AvgIpc) is 3.41. The van der Waals surface area contributed by atoms with E-state index in [1.165, 1.54) is 11.3 Å². The van der Waals surface area contributed by atoms with Crippen LogP contribution in [0.25, 0.3) is 0 Å². The molecule has 5 rings (SSSR count). The molecule has 2 bridgehead atoms. The van der Waals surface area contributed by atoms with Gasteiger partial charge >= 0.3 is 0 Å². The van der Waals surface area contributed by atoms with E-state index < -0.39 is 29.1 Å². The Kier molecular flexibility index (Phi) is 6.08. The van der Waals surface area contributed by atoms with Crippen molar-refractivity contribution in [1.82, 2.24) is 15.5 Å². The van der Waals surface area contributed by atoms with E-state index in [4.69, 9.17) is 4.74 Å². The fourth-order valence-electron chi connectivity index (χ4n) is 6.65. The van der Waals surface area contributed by atoms with E-state index in [1.54, 1.807) is 6.08 Å². The van der Waals surface area contributed by atoms with Gasteiger partial charge in [0, 0.05) is 19.1 Å². The highest BCUT2D eigenvalue weighted by atomic mass is 16.5. The van der Waals surface area contributed by atoms with E-state index in [9.17, 15) is 14.4 Å². The highest BCUT2D eigenvalue weighted by Gasteiger charge is 2.76. The van der Waals surface area contributed by atoms with Gasteiger partial charge in [0.25, 0.3) is 0 Å². The largest absolute Gasteiger partial charge is 0.356 e. The minimum absolute atomic E-state index is 0.102. The van der Waals surface area contributed by atoms with Gasteiger partial charge in [-0.2, -0.15) is 0 Å². The zero-order chi connectivity index (χ0) is 24.8. The van der Waals surface area contributed by atoms with Gasteiger partial charge in [-0.05, 0) is 31.2 Å². The molecule has 4 aliphatic rings. The van der Waals surface area contributed by atoms with Gasteiger partial charge in [0.15, 0.2) is 0 Å². The fourth-order valence-corrected chi connectivity index (χ4v) is 6.65. The third-order valence-electron chi connectivity index (χ3n) is 8.40. The van der Waals surface area contributed by atoms with Gasteiger partial charge in [-0.1, -0.05) is 68.3 Å². The SMILES string of the molecule is C=CCN1C(=O)[C@@H]2[C@H](C(=O)N[C@@H]3CCCC[C@@H]3C)[C@@]3(C)C=C[C@@]2(O3)[C@H]1C(=O)NCc1ccccc1. The molecule has 7 heteroatoms. The van der Waals surface area contributed by atoms with Crippen LogP contribution in [-0.4, -0.2) is 52.5 Å². The average molecular weight is 478 g/mol. The molecule has 186 valence electrons. The summed E-state index contributed by atoms with van der Waals surface area (Å²) in [6, 6.07) is 8.87. The third kappa shape index (κ3) is 3.80. The second-order valence-electron chi connectivity index (χ2n) is 10.7. The Balaban J connectivity index is 1.42. The minimum Gasteiger partial charge on any atom is -0.356 e. The van der Waals surface area contributed by atoms with E-state index in [1.807, 2.05) is 49.4 Å². The molecule has 1 saturated carbocycles. The molecule has 7 nitrogen and oxygen atoms in total. The normalized spacial score (nSPS) is 37.3. The zero-order valence-corrected chi connectivity index (χ0v) is 20.5. The van der Waals surface area contributed by atoms with Gasteiger partial charge in [0.1, 0.15) is 11.6 Å². The molecule has 0 aromatic heterocycles. The van der Waals surface area contributed by atoms with E-state index in [2.05, 4.69) is 24.1 Å². The second-order valence-corrected chi connectivity index (χ2v) is 10.7. The van der Waals surface area contributed by atoms with Crippen molar-refractivity contribution in [3.63, 3.8) is 0 Å². The lowest BCUT2D eigenvalue weighted by Crippen LogP contribution is -2.54. The van der Waals surface area contributed by atoms with Crippen LogP contribution in [-0.2, 0) is 25.7 Å². The summed E-state index contributed by atoms with van der Waals surface area (Å²) in [5.74, 6) is -1.70. The summed E-state index contributed by atoms with van der Waals surface area (Å²) in [6.07, 6.45) is 9.65. The topological polar surface area (TPSA) is 87.7 Å². The molecule has 3 aliphatic heterocycles. The van der Waals surface area contributed by atoms with Crippen molar-refractivity contribution in [3.8, 4) is 0 Å². The van der Waals surface area contributed by atoms with E-state index >= 15 is 0 Å². The van der Waals surface area contributed by atoms with Crippen LogP contribution in [0.4, 0.5) is 0 Å². The number of hydrogen-bond acceptors (Lipinski definition) is 4. The molecule has 7 atom stereocenters. The van der Waals surface area contributed by atoms with Crippen molar-refractivity contribution in [2.75, 3.05) is 6.54 Å². The number of benzene rings is 1. The van der Waals surface area contributed by atoms with Crippen molar-refractivity contribution in [1.29, 1.82) is 0 Å². The van der Waals surface area contributed by atoms with Crippen LogP contribution in [0.2, 0.25) is 0 Å². The van der Waals surface area contributed by atoms with Crippen LogP contribution >= 0.6 is 0 Å². The highest BCUT2D eigenvalue weighted by molar-refractivity contribution is 6.00. The van der Waals surface area contributed by atoms with Crippen LogP contribution in [0.5, 0.6) is 0 Å². The molecule has 1 aromatic carbocycles. The first-order valence-electron chi connectivity index (χ1n) is 12.7. The summed E-state index contributed by atoms with van der Waals surface area (Å²) in [4.78, 5) is 42.5. The van der Waals surface area contributed by atoms with Crippen molar-refractivity contribution in [2.45, 2.75) is 69.4 Å². The smallest absolute Gasteiger partial charge is 0.246 e. The van der Waals surface area contributed by atoms with Crippen LogP contribution in [0.1, 0.15) is 45.1 Å². The van der Waals surface area contributed by atoms with Crippen molar-refractivity contribution in [3.05, 3.63) is 60.7 Å². The van der Waals surface area contributed by atoms with Crippen molar-refractivity contribution in [2.24, 2.45) is 17.8 Å². The highest BCUT2D eigenvalue weighted by Crippen LogP contribution is 2.59. The standard InChI is InChI=1S/C28H35N3O4/c1-4-16-31-23(25(33)29-17-19-11-6-5-7-12-19)28-15-14-27(3,35-28)21(22(28)26(31)34)24(32)30-20-13-9-8-10-18(20)2/h4-7,11-12,14-15,18,20-23H,1,8-10,13,16-17H2,2-3H3,(H,29,33)(H,30,32)/t18-,20+,21+,22-,23+,27+,28-/m0/s1. The molecule has 35 heavy (non-hydrogen) atoms. The quantitative estimate of drug-likeness (QED) is 0.591. The molecular weight excluding hydrogens is 442 g/mol. The number of carbonyl (C=O) groups is 3. The number of hydrogen-bond donors (Lipinski definition) is 2. The predicted octanol–water partition coefficient (Wildman–Crippen LogP) is 2.72. The molecule has 3 amide bonds. The van der Waals surface area contributed by atoms with E-state index in [0.29, 0.717) is 12.5 Å². The number of rotatable bonds is 7. The molecule has 1 aliphatic carbocycles. The maximum atomic E-state index is 13.8. The molecule has 0 radical (unpaired) electrons. The maximum Gasteiger partial charge on any atom is 0.246 e. The number of amides is 3. The number of nitrogens with zero attached hydrogens (tertiary/aromatic N) is 1. The lowest BCUT2D eigenvalue weighted by atomic mass is 9.70. The third-order valence-corrected chi connectivity index (χ3v) is 8.40. The summed E-state index contributed by atoms with van der Waals surface area (Å²) in [5.41, 5.74) is -1.14. The van der Waals surface area contributed by atoms with Gasteiger partial charge < -0.3 is 20.3 Å². The van der Waals surface area contributed by atoms with Crippen LogP contribution in [0, 0.1) is 17.8 Å². The summed E-state index contributed by atoms with van der Waals surface area (Å²) >= 11 is 0. The number of carbonyl (C=O) groups excluding carboxylic acids is 3. The first-order valence-corrected chi connectivity index (χ1v) is 12.7. The Bertz CT molecular complexity index is 1060. The number of ether oxygens (including phenoxy) is 1. The minimum atomic E-state index is -1.17. The van der Waals surface area contributed by atoms with E-state index in [0.717, 1.165) is 24.8 Å². The van der Waals surface area contributed by atoms with Crippen LogP contribution in [0.3, 0.4) is 0 Å². The molecule has 1 aromatic rings. The summed E-state index contributed by atoms with van der Waals surface area (Å²) in [5, 5.41) is 6.23. The molecule has 0 unspecified atom stereocenters. The zero-order valence-electron chi connectivity index (χ0n) is 20.5. The Labute approximate surface area is 207 Å².